The predicted molar refractivity (Wildman–Crippen MR) is 124 cm³/mol. The highest BCUT2D eigenvalue weighted by Gasteiger charge is 2.36. The number of nitrogens with one attached hydrogen (secondary N) is 1. The molecule has 10 heteroatoms. The van der Waals surface area contributed by atoms with Crippen molar-refractivity contribution in [3.05, 3.63) is 47.2 Å². The number of rotatable bonds is 5. The van der Waals surface area contributed by atoms with Gasteiger partial charge in [0.05, 0.1) is 38.6 Å². The van der Waals surface area contributed by atoms with Crippen LogP contribution in [0.3, 0.4) is 0 Å². The summed E-state index contributed by atoms with van der Waals surface area (Å²) in [5.74, 6) is 0.990. The fraction of sp³-hybridized carbons (Fsp3) is 0.304. The van der Waals surface area contributed by atoms with Crippen molar-refractivity contribution in [2.24, 2.45) is 0 Å². The molecule has 2 aliphatic rings. The van der Waals surface area contributed by atoms with Gasteiger partial charge in [0.25, 0.3) is 0 Å². The molecule has 0 saturated heterocycles. The number of carbonyl (C=O) groups is 1. The molecule has 2 heterocycles. The smallest absolute Gasteiger partial charge is 0.337 e. The summed E-state index contributed by atoms with van der Waals surface area (Å²) in [6, 6.07) is 8.03. The van der Waals surface area contributed by atoms with Crippen molar-refractivity contribution >= 4 is 29.0 Å². The van der Waals surface area contributed by atoms with E-state index in [0.717, 1.165) is 0 Å². The van der Waals surface area contributed by atoms with E-state index >= 15 is 0 Å². The summed E-state index contributed by atoms with van der Waals surface area (Å²) < 4.78 is 27.0. The Bertz CT molecular complexity index is 1120. The van der Waals surface area contributed by atoms with Gasteiger partial charge in [0.1, 0.15) is 13.2 Å². The van der Waals surface area contributed by atoms with E-state index in [0.29, 0.717) is 52.3 Å². The first-order valence-electron chi connectivity index (χ1n) is 10.1. The quantitative estimate of drug-likeness (QED) is 0.499. The lowest BCUT2D eigenvalue weighted by Crippen LogP contribution is -2.48. The zero-order valence-electron chi connectivity index (χ0n) is 18.6. The van der Waals surface area contributed by atoms with E-state index in [1.807, 2.05) is 12.1 Å². The van der Waals surface area contributed by atoms with Crippen LogP contribution < -0.4 is 29.2 Å². The van der Waals surface area contributed by atoms with Crippen LogP contribution in [0.25, 0.3) is 0 Å². The second kappa shape index (κ2) is 9.07. The lowest BCUT2D eigenvalue weighted by Gasteiger charge is -2.37. The van der Waals surface area contributed by atoms with Crippen molar-refractivity contribution in [2.75, 3.05) is 39.4 Å². The molecule has 9 nitrogen and oxygen atoms in total. The predicted octanol–water partition coefficient (Wildman–Crippen LogP) is 3.06. The Morgan fingerprint density at radius 2 is 1.73 bits per heavy atom. The molecule has 2 aliphatic heterocycles. The van der Waals surface area contributed by atoms with E-state index in [2.05, 4.69) is 5.32 Å². The van der Waals surface area contributed by atoms with Gasteiger partial charge in [0, 0.05) is 11.8 Å². The van der Waals surface area contributed by atoms with Gasteiger partial charge in [-0.1, -0.05) is 0 Å². The lowest BCUT2D eigenvalue weighted by atomic mass is 9.94. The van der Waals surface area contributed by atoms with Crippen LogP contribution >= 0.6 is 12.2 Å². The maximum Gasteiger partial charge on any atom is 0.337 e. The van der Waals surface area contributed by atoms with Gasteiger partial charge < -0.3 is 34.1 Å². The minimum Gasteiger partial charge on any atom is -0.502 e. The van der Waals surface area contributed by atoms with Crippen LogP contribution in [0.2, 0.25) is 0 Å². The molecule has 0 radical (unpaired) electrons. The van der Waals surface area contributed by atoms with Crippen molar-refractivity contribution in [3.63, 3.8) is 0 Å². The summed E-state index contributed by atoms with van der Waals surface area (Å²) in [7, 11) is 4.19. The van der Waals surface area contributed by atoms with Crippen LogP contribution in [0, 0.1) is 0 Å². The maximum absolute atomic E-state index is 12.9. The van der Waals surface area contributed by atoms with E-state index in [4.69, 9.17) is 35.9 Å². The van der Waals surface area contributed by atoms with E-state index in [-0.39, 0.29) is 17.2 Å². The van der Waals surface area contributed by atoms with Crippen LogP contribution in [0.4, 0.5) is 5.69 Å². The molecular weight excluding hydrogens is 448 g/mol. The Kier molecular flexibility index (Phi) is 6.19. The van der Waals surface area contributed by atoms with Gasteiger partial charge in [0.2, 0.25) is 5.75 Å². The van der Waals surface area contributed by atoms with E-state index in [1.165, 1.54) is 21.3 Å². The molecule has 2 aromatic carbocycles. The number of hydrogen-bond acceptors (Lipinski definition) is 8. The maximum atomic E-state index is 12.9. The number of thiocarbonyl (C=S) groups is 1. The molecule has 0 aromatic heterocycles. The van der Waals surface area contributed by atoms with Gasteiger partial charge in [-0.25, -0.2) is 4.79 Å². The summed E-state index contributed by atoms with van der Waals surface area (Å²) in [5.41, 5.74) is 2.23. The first-order valence-corrected chi connectivity index (χ1v) is 10.5. The first-order chi connectivity index (χ1) is 15.9. The van der Waals surface area contributed by atoms with Crippen molar-refractivity contribution in [3.8, 4) is 28.7 Å². The third-order valence-corrected chi connectivity index (χ3v) is 5.81. The molecule has 174 valence electrons. The number of esters is 1. The van der Waals surface area contributed by atoms with Crippen molar-refractivity contribution in [2.45, 2.75) is 13.0 Å². The number of phenols is 1. The summed E-state index contributed by atoms with van der Waals surface area (Å²) >= 11 is 5.69. The highest BCUT2D eigenvalue weighted by molar-refractivity contribution is 7.80. The molecule has 0 amide bonds. The van der Waals surface area contributed by atoms with Gasteiger partial charge in [-0.15, -0.1) is 0 Å². The largest absolute Gasteiger partial charge is 0.502 e. The van der Waals surface area contributed by atoms with Gasteiger partial charge in [-0.05, 0) is 49.0 Å². The zero-order chi connectivity index (χ0) is 23.7. The van der Waals surface area contributed by atoms with Crippen molar-refractivity contribution in [1.82, 2.24) is 5.32 Å². The normalized spacial score (nSPS) is 17.4. The molecule has 33 heavy (non-hydrogen) atoms. The van der Waals surface area contributed by atoms with Crippen LogP contribution in [0.5, 0.6) is 28.7 Å². The topological polar surface area (TPSA) is 98.7 Å². The molecule has 2 N–H and O–H groups in total. The molecule has 0 bridgehead atoms. The Hall–Kier alpha value is -3.66. The fourth-order valence-corrected chi connectivity index (χ4v) is 4.29. The molecule has 0 unspecified atom stereocenters. The summed E-state index contributed by atoms with van der Waals surface area (Å²) in [5, 5.41) is 13.9. The lowest BCUT2D eigenvalue weighted by molar-refractivity contribution is -0.136. The summed E-state index contributed by atoms with van der Waals surface area (Å²) in [6.45, 7) is 2.73. The SMILES string of the molecule is COC(=O)C1=C(C)N(c2ccc3c(c2)OCCO3)C(=S)N[C@H]1c1cc(OC)c(O)c(OC)c1. The average Bonchev–Trinajstić information content (AvgIpc) is 2.83. The number of hydrogen-bond donors (Lipinski definition) is 2. The first kappa shape index (κ1) is 22.5. The molecule has 0 aliphatic carbocycles. The van der Waals surface area contributed by atoms with E-state index in [9.17, 15) is 9.90 Å². The number of aromatic hydroxyl groups is 1. The highest BCUT2D eigenvalue weighted by atomic mass is 32.1. The number of benzene rings is 2. The van der Waals surface area contributed by atoms with Crippen LogP contribution in [-0.2, 0) is 9.53 Å². The molecule has 1 atom stereocenters. The summed E-state index contributed by atoms with van der Waals surface area (Å²) in [4.78, 5) is 14.6. The third kappa shape index (κ3) is 3.97. The Morgan fingerprint density at radius 1 is 1.09 bits per heavy atom. The molecule has 0 spiro atoms. The molecule has 2 aromatic rings. The van der Waals surface area contributed by atoms with Gasteiger partial charge in [-0.3, -0.25) is 4.90 Å². The molecule has 4 rings (SSSR count). The van der Waals surface area contributed by atoms with Gasteiger partial charge >= 0.3 is 5.97 Å². The fourth-order valence-electron chi connectivity index (χ4n) is 3.93. The van der Waals surface area contributed by atoms with E-state index < -0.39 is 12.0 Å². The van der Waals surface area contributed by atoms with Gasteiger partial charge in [0.15, 0.2) is 28.1 Å². The molecule has 0 fully saturated rings. The third-order valence-electron chi connectivity index (χ3n) is 5.51. The van der Waals surface area contributed by atoms with Gasteiger partial charge in [-0.2, -0.15) is 0 Å². The number of carbonyl (C=O) groups excluding carboxylic acids is 1. The van der Waals surface area contributed by atoms with Crippen LogP contribution in [0.1, 0.15) is 18.5 Å². The molecular formula is C23H24N2O7S. The Morgan fingerprint density at radius 3 is 2.33 bits per heavy atom. The zero-order valence-corrected chi connectivity index (χ0v) is 19.4. The Balaban J connectivity index is 1.83. The van der Waals surface area contributed by atoms with Crippen molar-refractivity contribution < 1.29 is 33.6 Å². The number of phenolic OH excluding ortho intramolecular Hbond substituents is 1. The number of methoxy groups -OCH3 is 3. The number of allylic oxidation sites excluding steroid dienone is 1. The monoisotopic (exact) mass is 472 g/mol. The van der Waals surface area contributed by atoms with Crippen molar-refractivity contribution in [1.29, 1.82) is 0 Å². The number of fused-ring (bicyclic) bond motifs is 1. The van der Waals surface area contributed by atoms with Crippen LogP contribution in [-0.4, -0.2) is 50.7 Å². The standard InChI is InChI=1S/C23H24N2O7S/c1-12-19(22(27)30-4)20(13-9-17(28-2)21(26)18(10-13)29-3)24-23(33)25(12)14-5-6-15-16(11-14)32-8-7-31-15/h5-6,9-11,20,26H,7-8H2,1-4H3,(H,24,33)/t20-/m0/s1. The highest BCUT2D eigenvalue weighted by Crippen LogP contribution is 2.43. The minimum atomic E-state index is -0.665. The van der Waals surface area contributed by atoms with E-state index in [1.54, 1.807) is 30.0 Å². The molecule has 0 saturated carbocycles. The second-order valence-corrected chi connectivity index (χ2v) is 7.70. The number of anilines is 1. The number of nitrogens with zero attached hydrogens (tertiary/aromatic N) is 1. The second-order valence-electron chi connectivity index (χ2n) is 7.31. The minimum absolute atomic E-state index is 0.139. The number of ether oxygens (including phenoxy) is 5. The average molecular weight is 473 g/mol. The summed E-state index contributed by atoms with van der Waals surface area (Å²) in [6.07, 6.45) is 0. The van der Waals surface area contributed by atoms with Crippen LogP contribution in [0.15, 0.2) is 41.6 Å². The Labute approximate surface area is 196 Å².